The third-order valence-electron chi connectivity index (χ3n) is 4.32. The summed E-state index contributed by atoms with van der Waals surface area (Å²) in [6.45, 7) is 4.63. The fourth-order valence-corrected chi connectivity index (χ4v) is 2.89. The van der Waals surface area contributed by atoms with Crippen LogP contribution in [0.15, 0.2) is 42.5 Å². The summed E-state index contributed by atoms with van der Waals surface area (Å²) in [6, 6.07) is 14.9. The van der Waals surface area contributed by atoms with E-state index in [4.69, 9.17) is 0 Å². The molecule has 1 aliphatic rings. The number of carbonyl (C=O) groups is 1. The van der Waals surface area contributed by atoms with Crippen LogP contribution in [0.5, 0.6) is 5.75 Å². The Morgan fingerprint density at radius 1 is 1.17 bits per heavy atom. The molecule has 0 spiro atoms. The Kier molecular flexibility index (Phi) is 3.57. The molecule has 2 aromatic rings. The zero-order valence-electron chi connectivity index (χ0n) is 13.2. The fourth-order valence-electron chi connectivity index (χ4n) is 2.89. The first kappa shape index (κ1) is 15.1. The predicted molar refractivity (Wildman–Crippen MR) is 86.8 cm³/mol. The lowest BCUT2D eigenvalue weighted by atomic mass is 9.84. The number of hydrogen-bond donors (Lipinski definition) is 1. The molecule has 116 valence electrons. The van der Waals surface area contributed by atoms with Gasteiger partial charge in [0.05, 0.1) is 11.5 Å². The van der Waals surface area contributed by atoms with Crippen LogP contribution in [0, 0.1) is 11.3 Å². The smallest absolute Gasteiger partial charge is 0.254 e. The summed E-state index contributed by atoms with van der Waals surface area (Å²) in [7, 11) is 0. The zero-order chi connectivity index (χ0) is 16.6. The highest BCUT2D eigenvalue weighted by atomic mass is 16.3. The van der Waals surface area contributed by atoms with Gasteiger partial charge in [-0.25, -0.2) is 0 Å². The predicted octanol–water partition coefficient (Wildman–Crippen LogP) is 3.35. The first-order valence-electron chi connectivity index (χ1n) is 7.53. The molecule has 0 aliphatic carbocycles. The van der Waals surface area contributed by atoms with E-state index in [0.717, 1.165) is 11.1 Å². The molecule has 23 heavy (non-hydrogen) atoms. The number of benzene rings is 2. The second-order valence-electron chi connectivity index (χ2n) is 6.40. The number of hydrogen-bond acceptors (Lipinski definition) is 3. The molecule has 0 bridgehead atoms. The second-order valence-corrected chi connectivity index (χ2v) is 6.40. The lowest BCUT2D eigenvalue weighted by Gasteiger charge is -2.20. The van der Waals surface area contributed by atoms with Crippen LogP contribution in [0.2, 0.25) is 0 Å². The molecule has 1 heterocycles. The average Bonchev–Trinajstić information content (AvgIpc) is 2.98. The van der Waals surface area contributed by atoms with E-state index in [-0.39, 0.29) is 11.7 Å². The van der Waals surface area contributed by atoms with Crippen molar-refractivity contribution in [1.29, 1.82) is 5.26 Å². The minimum absolute atomic E-state index is 0.0396. The van der Waals surface area contributed by atoms with Gasteiger partial charge in [0, 0.05) is 24.2 Å². The highest BCUT2D eigenvalue weighted by Crippen LogP contribution is 2.32. The Morgan fingerprint density at radius 2 is 1.78 bits per heavy atom. The van der Waals surface area contributed by atoms with E-state index in [0.29, 0.717) is 24.2 Å². The number of phenolic OH excluding ortho intramolecular Hbond substituents is 1. The molecule has 0 saturated heterocycles. The molecule has 0 aromatic heterocycles. The maximum atomic E-state index is 12.8. The molecule has 0 saturated carbocycles. The number of nitrogens with zero attached hydrogens (tertiary/aromatic N) is 2. The van der Waals surface area contributed by atoms with Crippen molar-refractivity contribution in [2.45, 2.75) is 32.4 Å². The topological polar surface area (TPSA) is 64.3 Å². The van der Waals surface area contributed by atoms with Crippen molar-refractivity contribution in [3.05, 3.63) is 64.7 Å². The van der Waals surface area contributed by atoms with E-state index >= 15 is 0 Å². The molecule has 1 amide bonds. The highest BCUT2D eigenvalue weighted by molar-refractivity contribution is 5.95. The summed E-state index contributed by atoms with van der Waals surface area (Å²) < 4.78 is 0. The third kappa shape index (κ3) is 2.66. The van der Waals surface area contributed by atoms with Crippen LogP contribution in [-0.2, 0) is 18.5 Å². The van der Waals surface area contributed by atoms with E-state index < -0.39 is 5.41 Å². The van der Waals surface area contributed by atoms with Gasteiger partial charge in [-0.1, -0.05) is 24.3 Å². The molecule has 0 unspecified atom stereocenters. The van der Waals surface area contributed by atoms with Crippen LogP contribution in [0.4, 0.5) is 0 Å². The first-order valence-corrected chi connectivity index (χ1v) is 7.53. The summed E-state index contributed by atoms with van der Waals surface area (Å²) in [4.78, 5) is 14.5. The van der Waals surface area contributed by atoms with E-state index in [1.54, 1.807) is 30.9 Å². The van der Waals surface area contributed by atoms with Crippen molar-refractivity contribution in [1.82, 2.24) is 4.90 Å². The van der Waals surface area contributed by atoms with Crippen LogP contribution in [0.1, 0.15) is 40.9 Å². The number of nitriles is 1. The molecule has 3 rings (SSSR count). The monoisotopic (exact) mass is 306 g/mol. The molecule has 1 aliphatic heterocycles. The summed E-state index contributed by atoms with van der Waals surface area (Å²) in [5.74, 6) is -0.0472. The van der Waals surface area contributed by atoms with Crippen molar-refractivity contribution in [3.63, 3.8) is 0 Å². The van der Waals surface area contributed by atoms with E-state index in [1.807, 2.05) is 24.3 Å². The maximum Gasteiger partial charge on any atom is 0.254 e. The van der Waals surface area contributed by atoms with Crippen LogP contribution in [0.25, 0.3) is 0 Å². The quantitative estimate of drug-likeness (QED) is 0.925. The lowest BCUT2D eigenvalue weighted by molar-refractivity contribution is 0.0751. The number of fused-ring (bicyclic) bond motifs is 1. The van der Waals surface area contributed by atoms with Gasteiger partial charge in [0.25, 0.3) is 5.91 Å². The van der Waals surface area contributed by atoms with Gasteiger partial charge in [-0.3, -0.25) is 4.79 Å². The minimum Gasteiger partial charge on any atom is -0.508 e. The molecule has 4 nitrogen and oxygen atoms in total. The molecule has 1 N–H and O–H groups in total. The lowest BCUT2D eigenvalue weighted by Crippen LogP contribution is -2.26. The van der Waals surface area contributed by atoms with Gasteiger partial charge in [-0.15, -0.1) is 0 Å². The molecule has 4 heteroatoms. The van der Waals surface area contributed by atoms with Crippen LogP contribution >= 0.6 is 0 Å². The number of rotatable bonds is 2. The molecular formula is C19H18N2O2. The summed E-state index contributed by atoms with van der Waals surface area (Å²) in [5, 5.41) is 19.3. The highest BCUT2D eigenvalue weighted by Gasteiger charge is 2.28. The molecule has 0 fully saturated rings. The van der Waals surface area contributed by atoms with Crippen LogP contribution in [0.3, 0.4) is 0 Å². The van der Waals surface area contributed by atoms with Gasteiger partial charge >= 0.3 is 0 Å². The van der Waals surface area contributed by atoms with Crippen molar-refractivity contribution in [3.8, 4) is 11.8 Å². The minimum atomic E-state index is -0.853. The third-order valence-corrected chi connectivity index (χ3v) is 4.32. The van der Waals surface area contributed by atoms with Gasteiger partial charge in [0.15, 0.2) is 0 Å². The second kappa shape index (κ2) is 5.44. The Hall–Kier alpha value is -2.80. The molecular weight excluding hydrogens is 288 g/mol. The maximum absolute atomic E-state index is 12.8. The van der Waals surface area contributed by atoms with E-state index in [9.17, 15) is 15.2 Å². The van der Waals surface area contributed by atoms with Gasteiger partial charge in [0.2, 0.25) is 0 Å². The normalized spacial score (nSPS) is 13.5. The van der Waals surface area contributed by atoms with Crippen molar-refractivity contribution < 1.29 is 9.90 Å². The summed E-state index contributed by atoms with van der Waals surface area (Å²) >= 11 is 0. The SMILES string of the molecule is CC(C)(C#N)c1cc(C(=O)N2Cc3ccccc3C2)ccc1O. The Labute approximate surface area is 135 Å². The number of phenols is 1. The standard InChI is InChI=1S/C19H18N2O2/c1-19(2,12-20)16-9-13(7-8-17(16)22)18(23)21-10-14-5-3-4-6-15(14)11-21/h3-9,22H,10-11H2,1-2H3. The first-order chi connectivity index (χ1) is 10.9. The molecule has 0 radical (unpaired) electrons. The Bertz CT molecular complexity index is 793. The largest absolute Gasteiger partial charge is 0.508 e. The van der Waals surface area contributed by atoms with E-state index in [1.165, 1.54) is 6.07 Å². The van der Waals surface area contributed by atoms with Gasteiger partial charge in [-0.2, -0.15) is 5.26 Å². The van der Waals surface area contributed by atoms with Crippen molar-refractivity contribution >= 4 is 5.91 Å². The summed E-state index contributed by atoms with van der Waals surface area (Å²) in [5.41, 5.74) is 2.44. The molecule has 0 atom stereocenters. The molecule has 2 aromatic carbocycles. The number of aromatic hydroxyl groups is 1. The van der Waals surface area contributed by atoms with Crippen LogP contribution in [-0.4, -0.2) is 15.9 Å². The average molecular weight is 306 g/mol. The van der Waals surface area contributed by atoms with Gasteiger partial charge in [0.1, 0.15) is 5.75 Å². The fraction of sp³-hybridized carbons (Fsp3) is 0.263. The summed E-state index contributed by atoms with van der Waals surface area (Å²) in [6.07, 6.45) is 0. The number of carbonyl (C=O) groups excluding carboxylic acids is 1. The van der Waals surface area contributed by atoms with Crippen molar-refractivity contribution in [2.24, 2.45) is 0 Å². The van der Waals surface area contributed by atoms with Gasteiger partial charge < -0.3 is 10.0 Å². The number of amides is 1. The Morgan fingerprint density at radius 3 is 2.35 bits per heavy atom. The Balaban J connectivity index is 1.90. The van der Waals surface area contributed by atoms with Crippen LogP contribution < -0.4 is 0 Å². The van der Waals surface area contributed by atoms with Gasteiger partial charge in [-0.05, 0) is 43.2 Å². The zero-order valence-corrected chi connectivity index (χ0v) is 13.2. The van der Waals surface area contributed by atoms with Crippen molar-refractivity contribution in [2.75, 3.05) is 0 Å². The van der Waals surface area contributed by atoms with E-state index in [2.05, 4.69) is 6.07 Å².